The van der Waals surface area contributed by atoms with E-state index >= 15 is 0 Å². The normalized spacial score (nSPS) is 11.0. The Hall–Kier alpha value is -5.12. The predicted molar refractivity (Wildman–Crippen MR) is 140 cm³/mol. The Kier molecular flexibility index (Phi) is 6.06. The van der Waals surface area contributed by atoms with Crippen molar-refractivity contribution in [3.05, 3.63) is 111 Å². The highest BCUT2D eigenvalue weighted by Gasteiger charge is 2.17. The van der Waals surface area contributed by atoms with E-state index in [0.717, 1.165) is 26.9 Å². The van der Waals surface area contributed by atoms with Gasteiger partial charge >= 0.3 is 0 Å². The largest absolute Gasteiger partial charge is 0.309 e. The zero-order valence-corrected chi connectivity index (χ0v) is 20.1. The molecule has 10 nitrogen and oxygen atoms in total. The number of aryl methyl sites for hydroxylation is 2. The molecule has 3 aromatic carbocycles. The van der Waals surface area contributed by atoms with Crippen molar-refractivity contribution >= 4 is 28.3 Å². The van der Waals surface area contributed by atoms with Crippen LogP contribution in [-0.2, 0) is 11.3 Å². The Bertz CT molecular complexity index is 1720. The molecule has 5 aromatic rings. The van der Waals surface area contributed by atoms with Crippen LogP contribution in [0.3, 0.4) is 0 Å². The van der Waals surface area contributed by atoms with Crippen molar-refractivity contribution in [1.29, 1.82) is 0 Å². The zero-order valence-electron chi connectivity index (χ0n) is 20.1. The van der Waals surface area contributed by atoms with Gasteiger partial charge < -0.3 is 5.32 Å². The first-order chi connectivity index (χ1) is 17.8. The third kappa shape index (κ3) is 4.72. The van der Waals surface area contributed by atoms with Crippen molar-refractivity contribution in [3.8, 4) is 16.9 Å². The van der Waals surface area contributed by atoms with Gasteiger partial charge in [0.15, 0.2) is 0 Å². The predicted octanol–water partition coefficient (Wildman–Crippen LogP) is 4.41. The molecule has 0 bridgehead atoms. The number of nitro groups is 1. The standard InChI is InChI=1S/C27H22N6O4/c1-17-8-9-18(2)21(12-17)24-14-25(32(30-24)19-6-4-3-5-7-19)29-26(34)15-31-16-28-23-11-10-20(33(36)37)13-22(23)27(31)35/h3-14,16H,15H2,1-2H3,(H,29,34). The number of hydrogen-bond acceptors (Lipinski definition) is 6. The van der Waals surface area contributed by atoms with Gasteiger partial charge in [0.1, 0.15) is 12.4 Å². The topological polar surface area (TPSA) is 125 Å². The third-order valence-corrected chi connectivity index (χ3v) is 5.98. The summed E-state index contributed by atoms with van der Waals surface area (Å²) in [6.45, 7) is 3.67. The Balaban J connectivity index is 1.49. The SMILES string of the molecule is Cc1ccc(C)c(-c2cc(NC(=O)Cn3cnc4ccc([N+](=O)[O-])cc4c3=O)n(-c3ccccc3)n2)c1. The minimum atomic E-state index is -0.582. The lowest BCUT2D eigenvalue weighted by Gasteiger charge is -2.10. The smallest absolute Gasteiger partial charge is 0.270 e. The number of amides is 1. The summed E-state index contributed by atoms with van der Waals surface area (Å²) < 4.78 is 2.76. The van der Waals surface area contributed by atoms with E-state index in [2.05, 4.69) is 10.3 Å². The van der Waals surface area contributed by atoms with Crippen molar-refractivity contribution < 1.29 is 9.72 Å². The molecule has 0 aliphatic rings. The van der Waals surface area contributed by atoms with Crippen LogP contribution in [0.2, 0.25) is 0 Å². The van der Waals surface area contributed by atoms with Gasteiger partial charge in [-0.1, -0.05) is 35.9 Å². The number of hydrogen-bond donors (Lipinski definition) is 1. The van der Waals surface area contributed by atoms with Crippen LogP contribution >= 0.6 is 0 Å². The maximum atomic E-state index is 13.0. The van der Waals surface area contributed by atoms with Gasteiger partial charge in [0, 0.05) is 23.8 Å². The summed E-state index contributed by atoms with van der Waals surface area (Å²) in [7, 11) is 0. The van der Waals surface area contributed by atoms with E-state index in [0.29, 0.717) is 17.0 Å². The van der Waals surface area contributed by atoms with Crippen LogP contribution in [0, 0.1) is 24.0 Å². The monoisotopic (exact) mass is 494 g/mol. The summed E-state index contributed by atoms with van der Waals surface area (Å²) in [5.74, 6) is -0.0391. The van der Waals surface area contributed by atoms with Crippen LogP contribution in [0.4, 0.5) is 11.5 Å². The summed E-state index contributed by atoms with van der Waals surface area (Å²) in [4.78, 5) is 40.7. The number of carbonyl (C=O) groups is 1. The maximum Gasteiger partial charge on any atom is 0.270 e. The molecule has 2 heterocycles. The molecular weight excluding hydrogens is 472 g/mol. The van der Waals surface area contributed by atoms with Crippen LogP contribution in [0.25, 0.3) is 27.8 Å². The first-order valence-electron chi connectivity index (χ1n) is 11.5. The fourth-order valence-corrected chi connectivity index (χ4v) is 4.09. The van der Waals surface area contributed by atoms with Crippen LogP contribution < -0.4 is 10.9 Å². The van der Waals surface area contributed by atoms with Crippen molar-refractivity contribution in [3.63, 3.8) is 0 Å². The molecule has 10 heteroatoms. The number of aromatic nitrogens is 4. The summed E-state index contributed by atoms with van der Waals surface area (Å²) in [6, 6.07) is 21.1. The van der Waals surface area contributed by atoms with E-state index in [1.165, 1.54) is 24.5 Å². The first-order valence-corrected chi connectivity index (χ1v) is 11.5. The molecule has 0 aliphatic carbocycles. The first kappa shape index (κ1) is 23.6. The fraction of sp³-hybridized carbons (Fsp3) is 0.111. The molecule has 1 N–H and O–H groups in total. The van der Waals surface area contributed by atoms with Gasteiger partial charge in [0.05, 0.1) is 33.5 Å². The lowest BCUT2D eigenvalue weighted by atomic mass is 10.0. The Morgan fingerprint density at radius 2 is 1.81 bits per heavy atom. The molecule has 37 heavy (non-hydrogen) atoms. The molecule has 0 saturated carbocycles. The summed E-state index contributed by atoms with van der Waals surface area (Å²) >= 11 is 0. The molecule has 0 unspecified atom stereocenters. The number of para-hydroxylation sites is 1. The fourth-order valence-electron chi connectivity index (χ4n) is 4.09. The average molecular weight is 495 g/mol. The highest BCUT2D eigenvalue weighted by atomic mass is 16.6. The molecule has 0 fully saturated rings. The molecule has 1 amide bonds. The van der Waals surface area contributed by atoms with Gasteiger partial charge in [0.2, 0.25) is 5.91 Å². The van der Waals surface area contributed by atoms with Gasteiger partial charge in [-0.05, 0) is 43.7 Å². The van der Waals surface area contributed by atoms with Crippen molar-refractivity contribution in [2.24, 2.45) is 0 Å². The van der Waals surface area contributed by atoms with Gasteiger partial charge in [-0.15, -0.1) is 0 Å². The Morgan fingerprint density at radius 3 is 2.57 bits per heavy atom. The summed E-state index contributed by atoms with van der Waals surface area (Å²) in [5, 5.41) is 18.8. The molecule has 5 rings (SSSR count). The number of non-ortho nitro benzene ring substituents is 1. The Labute approximate surface area is 211 Å². The van der Waals surface area contributed by atoms with E-state index in [-0.39, 0.29) is 17.6 Å². The molecule has 184 valence electrons. The van der Waals surface area contributed by atoms with Crippen LogP contribution in [-0.4, -0.2) is 30.2 Å². The molecular formula is C27H22N6O4. The lowest BCUT2D eigenvalue weighted by Crippen LogP contribution is -2.28. The van der Waals surface area contributed by atoms with E-state index in [4.69, 9.17) is 5.10 Å². The maximum absolute atomic E-state index is 13.0. The second-order valence-corrected chi connectivity index (χ2v) is 8.66. The van der Waals surface area contributed by atoms with Crippen LogP contribution in [0.1, 0.15) is 11.1 Å². The lowest BCUT2D eigenvalue weighted by molar-refractivity contribution is -0.384. The minimum absolute atomic E-state index is 0.0658. The highest BCUT2D eigenvalue weighted by Crippen LogP contribution is 2.28. The van der Waals surface area contributed by atoms with Gasteiger partial charge in [-0.2, -0.15) is 5.10 Å². The van der Waals surface area contributed by atoms with E-state index < -0.39 is 16.4 Å². The summed E-state index contributed by atoms with van der Waals surface area (Å²) in [6.07, 6.45) is 1.26. The number of fused-ring (bicyclic) bond motifs is 1. The molecule has 2 aromatic heterocycles. The third-order valence-electron chi connectivity index (χ3n) is 5.98. The molecule has 0 aliphatic heterocycles. The van der Waals surface area contributed by atoms with Crippen LogP contribution in [0.15, 0.2) is 83.9 Å². The second-order valence-electron chi connectivity index (χ2n) is 8.66. The van der Waals surface area contributed by atoms with Crippen molar-refractivity contribution in [2.75, 3.05) is 5.32 Å². The number of nitrogens with one attached hydrogen (secondary N) is 1. The number of nitrogens with zero attached hydrogens (tertiary/aromatic N) is 5. The number of benzene rings is 3. The number of carbonyl (C=O) groups excluding carboxylic acids is 1. The van der Waals surface area contributed by atoms with Crippen molar-refractivity contribution in [1.82, 2.24) is 19.3 Å². The average Bonchev–Trinajstić information content (AvgIpc) is 3.30. The number of rotatable bonds is 6. The van der Waals surface area contributed by atoms with E-state index in [1.807, 2.05) is 62.4 Å². The Morgan fingerprint density at radius 1 is 1.03 bits per heavy atom. The molecule has 0 spiro atoms. The second kappa shape index (κ2) is 9.50. The number of anilines is 1. The van der Waals surface area contributed by atoms with Gasteiger partial charge in [0.25, 0.3) is 11.2 Å². The van der Waals surface area contributed by atoms with Gasteiger partial charge in [-0.3, -0.25) is 24.3 Å². The van der Waals surface area contributed by atoms with E-state index in [9.17, 15) is 19.7 Å². The molecule has 0 atom stereocenters. The molecule has 0 radical (unpaired) electrons. The quantitative estimate of drug-likeness (QED) is 0.275. The number of nitro benzene ring substituents is 1. The van der Waals surface area contributed by atoms with Gasteiger partial charge in [-0.25, -0.2) is 9.67 Å². The molecule has 0 saturated heterocycles. The highest BCUT2D eigenvalue weighted by molar-refractivity contribution is 5.91. The zero-order chi connectivity index (χ0) is 26.1. The van der Waals surface area contributed by atoms with E-state index in [1.54, 1.807) is 10.7 Å². The van der Waals surface area contributed by atoms with Crippen molar-refractivity contribution in [2.45, 2.75) is 20.4 Å². The summed E-state index contributed by atoms with van der Waals surface area (Å²) in [5.41, 5.74) is 4.07. The minimum Gasteiger partial charge on any atom is -0.309 e. The van der Waals surface area contributed by atoms with Crippen LogP contribution in [0.5, 0.6) is 0 Å².